The molecule has 0 amide bonds. The quantitative estimate of drug-likeness (QED) is 0.699. The zero-order chi connectivity index (χ0) is 17.4. The summed E-state index contributed by atoms with van der Waals surface area (Å²) in [6, 6.07) is 4.17. The summed E-state index contributed by atoms with van der Waals surface area (Å²) in [6.07, 6.45) is 1.79. The molecule has 25 heavy (non-hydrogen) atoms. The Bertz CT molecular complexity index is 894. The number of likely N-dealkylation sites (tertiary alicyclic amines) is 1. The summed E-state index contributed by atoms with van der Waals surface area (Å²) in [5.74, 6) is -0.649. The van der Waals surface area contributed by atoms with Gasteiger partial charge >= 0.3 is 0 Å². The number of rotatable bonds is 4. The molecule has 4 rings (SSSR count). The molecule has 0 bridgehead atoms. The summed E-state index contributed by atoms with van der Waals surface area (Å²) in [6.45, 7) is 2.98. The molecule has 0 unspecified atom stereocenters. The van der Waals surface area contributed by atoms with Crippen molar-refractivity contribution in [1.82, 2.24) is 20.1 Å². The van der Waals surface area contributed by atoms with E-state index in [2.05, 4.69) is 20.1 Å². The van der Waals surface area contributed by atoms with E-state index in [1.807, 2.05) is 6.92 Å². The third-order valence-corrected chi connectivity index (χ3v) is 5.35. The van der Waals surface area contributed by atoms with Gasteiger partial charge in [0.15, 0.2) is 11.6 Å². The number of nitrogens with zero attached hydrogens (tertiary/aromatic N) is 4. The molecule has 2 aromatic heterocycles. The Hall–Kier alpha value is -2.19. The Morgan fingerprint density at radius 2 is 2.20 bits per heavy atom. The summed E-state index contributed by atoms with van der Waals surface area (Å²) in [5.41, 5.74) is 2.93. The van der Waals surface area contributed by atoms with Crippen molar-refractivity contribution in [3.63, 3.8) is 0 Å². The van der Waals surface area contributed by atoms with Gasteiger partial charge in [0.1, 0.15) is 4.88 Å². The van der Waals surface area contributed by atoms with Gasteiger partial charge in [-0.3, -0.25) is 4.90 Å². The van der Waals surface area contributed by atoms with Crippen LogP contribution >= 0.6 is 11.3 Å². The molecular weight excluding hydrogens is 346 g/mol. The minimum Gasteiger partial charge on any atom is -0.418 e. The van der Waals surface area contributed by atoms with Crippen LogP contribution < -0.4 is 0 Å². The first-order chi connectivity index (χ1) is 12.1. The second kappa shape index (κ2) is 6.61. The minimum absolute atomic E-state index is 0.0860. The molecule has 1 saturated heterocycles. The first-order valence-electron chi connectivity index (χ1n) is 8.04. The molecule has 0 radical (unpaired) electrons. The molecule has 5 nitrogen and oxygen atoms in total. The second-order valence-corrected chi connectivity index (χ2v) is 6.91. The summed E-state index contributed by atoms with van der Waals surface area (Å²) in [7, 11) is 0. The maximum Gasteiger partial charge on any atom is 0.259 e. The van der Waals surface area contributed by atoms with E-state index in [1.165, 1.54) is 17.4 Å². The van der Waals surface area contributed by atoms with Gasteiger partial charge < -0.3 is 4.42 Å². The van der Waals surface area contributed by atoms with Gasteiger partial charge in [0.25, 0.3) is 5.89 Å². The molecule has 1 aliphatic heterocycles. The van der Waals surface area contributed by atoms with Gasteiger partial charge in [-0.05, 0) is 32.4 Å². The summed E-state index contributed by atoms with van der Waals surface area (Å²) in [4.78, 5) is 7.10. The van der Waals surface area contributed by atoms with E-state index in [9.17, 15) is 8.78 Å². The number of thiazole rings is 1. The summed E-state index contributed by atoms with van der Waals surface area (Å²) < 4.78 is 33.2. The van der Waals surface area contributed by atoms with E-state index in [1.54, 1.807) is 11.6 Å². The molecule has 8 heteroatoms. The van der Waals surface area contributed by atoms with Crippen LogP contribution in [-0.2, 0) is 6.54 Å². The zero-order valence-corrected chi connectivity index (χ0v) is 14.4. The minimum atomic E-state index is -0.825. The highest BCUT2D eigenvalue weighted by Gasteiger charge is 2.31. The number of benzene rings is 1. The molecule has 3 heterocycles. The number of hydrogen-bond acceptors (Lipinski definition) is 6. The maximum absolute atomic E-state index is 14.0. The molecule has 0 N–H and O–H groups in total. The van der Waals surface area contributed by atoms with Crippen LogP contribution in [0.3, 0.4) is 0 Å². The lowest BCUT2D eigenvalue weighted by Gasteiger charge is -2.21. The average molecular weight is 362 g/mol. The molecule has 0 spiro atoms. The fraction of sp³-hybridized carbons (Fsp3) is 0.353. The SMILES string of the molecule is Cc1ncsc1-c1nnc([C@@H]2CCCN2Cc2cccc(F)c2F)o1. The predicted octanol–water partition coefficient (Wildman–Crippen LogP) is 4.12. The van der Waals surface area contributed by atoms with Crippen molar-refractivity contribution in [2.45, 2.75) is 32.4 Å². The molecule has 3 aromatic rings. The third kappa shape index (κ3) is 3.07. The number of aromatic nitrogens is 3. The Morgan fingerprint density at radius 3 is 3.00 bits per heavy atom. The lowest BCUT2D eigenvalue weighted by atomic mass is 10.1. The van der Waals surface area contributed by atoms with Gasteiger partial charge in [-0.1, -0.05) is 12.1 Å². The van der Waals surface area contributed by atoms with Crippen LogP contribution in [0.4, 0.5) is 8.78 Å². The predicted molar refractivity (Wildman–Crippen MR) is 88.9 cm³/mol. The van der Waals surface area contributed by atoms with Crippen molar-refractivity contribution in [1.29, 1.82) is 0 Å². The summed E-state index contributed by atoms with van der Waals surface area (Å²) in [5, 5.41) is 8.31. The van der Waals surface area contributed by atoms with Crippen molar-refractivity contribution in [2.75, 3.05) is 6.54 Å². The van der Waals surface area contributed by atoms with E-state index in [0.717, 1.165) is 36.0 Å². The molecule has 1 fully saturated rings. The second-order valence-electron chi connectivity index (χ2n) is 6.05. The van der Waals surface area contributed by atoms with E-state index in [4.69, 9.17) is 4.42 Å². The smallest absolute Gasteiger partial charge is 0.259 e. The highest BCUT2D eigenvalue weighted by molar-refractivity contribution is 7.13. The summed E-state index contributed by atoms with van der Waals surface area (Å²) >= 11 is 1.45. The lowest BCUT2D eigenvalue weighted by molar-refractivity contribution is 0.212. The molecule has 1 aliphatic rings. The van der Waals surface area contributed by atoms with Crippen LogP contribution in [0.25, 0.3) is 10.8 Å². The molecule has 0 aliphatic carbocycles. The third-order valence-electron chi connectivity index (χ3n) is 4.43. The fourth-order valence-electron chi connectivity index (χ4n) is 3.15. The Labute approximate surface area is 147 Å². The first-order valence-corrected chi connectivity index (χ1v) is 8.92. The van der Waals surface area contributed by atoms with Crippen LogP contribution in [0.5, 0.6) is 0 Å². The van der Waals surface area contributed by atoms with Gasteiger partial charge in [0, 0.05) is 12.1 Å². The zero-order valence-electron chi connectivity index (χ0n) is 13.6. The van der Waals surface area contributed by atoms with E-state index >= 15 is 0 Å². The molecular formula is C17H16F2N4OS. The van der Waals surface area contributed by atoms with E-state index in [-0.39, 0.29) is 6.04 Å². The largest absolute Gasteiger partial charge is 0.418 e. The number of halogens is 2. The van der Waals surface area contributed by atoms with Gasteiger partial charge in [-0.15, -0.1) is 21.5 Å². The monoisotopic (exact) mass is 362 g/mol. The average Bonchev–Trinajstić information content (AvgIpc) is 3.31. The Balaban J connectivity index is 1.57. The molecule has 1 aromatic carbocycles. The standard InChI is InChI=1S/C17H16F2N4OS/c1-10-15(25-9-20-10)17-22-21-16(24-17)13-6-3-7-23(13)8-11-4-2-5-12(18)14(11)19/h2,4-5,9,13H,3,6-8H2,1H3/t13-/m0/s1. The van der Waals surface area contributed by atoms with E-state index in [0.29, 0.717) is 23.9 Å². The van der Waals surface area contributed by atoms with Crippen LogP contribution in [0.1, 0.15) is 36.0 Å². The van der Waals surface area contributed by atoms with Gasteiger partial charge in [-0.2, -0.15) is 0 Å². The molecule has 0 saturated carbocycles. The lowest BCUT2D eigenvalue weighted by Crippen LogP contribution is -2.23. The molecule has 130 valence electrons. The highest BCUT2D eigenvalue weighted by atomic mass is 32.1. The van der Waals surface area contributed by atoms with Crippen molar-refractivity contribution >= 4 is 11.3 Å². The number of hydrogen-bond donors (Lipinski definition) is 0. The van der Waals surface area contributed by atoms with E-state index < -0.39 is 11.6 Å². The van der Waals surface area contributed by atoms with Crippen LogP contribution in [0, 0.1) is 18.6 Å². The van der Waals surface area contributed by atoms with Crippen molar-refractivity contribution in [3.8, 4) is 10.8 Å². The first kappa shape index (κ1) is 16.3. The van der Waals surface area contributed by atoms with Crippen molar-refractivity contribution in [2.24, 2.45) is 0 Å². The van der Waals surface area contributed by atoms with Crippen LogP contribution in [0.2, 0.25) is 0 Å². The van der Waals surface area contributed by atoms with Crippen LogP contribution in [0.15, 0.2) is 28.1 Å². The normalized spacial score (nSPS) is 18.1. The fourth-order valence-corrected chi connectivity index (χ4v) is 3.88. The van der Waals surface area contributed by atoms with Crippen LogP contribution in [-0.4, -0.2) is 26.6 Å². The Kier molecular flexibility index (Phi) is 4.30. The van der Waals surface area contributed by atoms with Gasteiger partial charge in [0.05, 0.1) is 17.2 Å². The highest BCUT2D eigenvalue weighted by Crippen LogP contribution is 2.35. The molecule has 1 atom stereocenters. The van der Waals surface area contributed by atoms with Crippen molar-refractivity contribution in [3.05, 3.63) is 52.5 Å². The topological polar surface area (TPSA) is 55.1 Å². The van der Waals surface area contributed by atoms with Gasteiger partial charge in [0.2, 0.25) is 5.89 Å². The Morgan fingerprint density at radius 1 is 1.32 bits per heavy atom. The number of aryl methyl sites for hydroxylation is 1. The van der Waals surface area contributed by atoms with Crippen molar-refractivity contribution < 1.29 is 13.2 Å². The van der Waals surface area contributed by atoms with Gasteiger partial charge in [-0.25, -0.2) is 13.8 Å². The maximum atomic E-state index is 14.0.